The summed E-state index contributed by atoms with van der Waals surface area (Å²) in [6, 6.07) is 10.1. The lowest BCUT2D eigenvalue weighted by molar-refractivity contribution is 0.759. The summed E-state index contributed by atoms with van der Waals surface area (Å²) in [7, 11) is 2.00. The highest BCUT2D eigenvalue weighted by molar-refractivity contribution is 5.93. The van der Waals surface area contributed by atoms with Gasteiger partial charge >= 0.3 is 0 Å². The van der Waals surface area contributed by atoms with Crippen LogP contribution in [0.1, 0.15) is 25.5 Å². The molecule has 6 nitrogen and oxygen atoms in total. The van der Waals surface area contributed by atoms with E-state index < -0.39 is 0 Å². The number of benzene rings is 1. The Bertz CT molecular complexity index is 877. The predicted molar refractivity (Wildman–Crippen MR) is 104 cm³/mol. The summed E-state index contributed by atoms with van der Waals surface area (Å²) in [5.41, 5.74) is 9.63. The van der Waals surface area contributed by atoms with Crippen LogP contribution in [0.25, 0.3) is 10.9 Å². The molecule has 0 amide bonds. The molecule has 0 aliphatic heterocycles. The van der Waals surface area contributed by atoms with Crippen molar-refractivity contribution in [3.05, 3.63) is 42.4 Å². The minimum absolute atomic E-state index is 0.547. The van der Waals surface area contributed by atoms with Gasteiger partial charge in [-0.3, -0.25) is 4.98 Å². The summed E-state index contributed by atoms with van der Waals surface area (Å²) in [5.74, 6) is 1.35. The van der Waals surface area contributed by atoms with Gasteiger partial charge in [0, 0.05) is 24.7 Å². The predicted octanol–water partition coefficient (Wildman–Crippen LogP) is 3.90. The zero-order valence-corrected chi connectivity index (χ0v) is 15.0. The van der Waals surface area contributed by atoms with Crippen molar-refractivity contribution in [2.75, 3.05) is 29.5 Å². The number of hydrogen-bond acceptors (Lipinski definition) is 6. The number of nitrogens with two attached hydrogens (primary N) is 1. The normalized spacial score (nSPS) is 10.8. The van der Waals surface area contributed by atoms with Crippen LogP contribution >= 0.6 is 0 Å². The highest BCUT2D eigenvalue weighted by atomic mass is 15.2. The van der Waals surface area contributed by atoms with Gasteiger partial charge in [-0.1, -0.05) is 31.5 Å². The fraction of sp³-hybridized carbons (Fsp3) is 0.316. The van der Waals surface area contributed by atoms with Crippen LogP contribution in [0.3, 0.4) is 0 Å². The number of hydrogen-bond donors (Lipinski definition) is 2. The SMILES string of the molecule is CCCCN(C)c1ncnc(Nc2cccc3ccc(C)nc23)c1N. The van der Waals surface area contributed by atoms with E-state index >= 15 is 0 Å². The van der Waals surface area contributed by atoms with Crippen molar-refractivity contribution in [3.8, 4) is 0 Å². The van der Waals surface area contributed by atoms with Crippen molar-refractivity contribution in [2.24, 2.45) is 0 Å². The van der Waals surface area contributed by atoms with E-state index in [0.717, 1.165) is 47.5 Å². The van der Waals surface area contributed by atoms with Gasteiger partial charge in [-0.05, 0) is 25.5 Å². The van der Waals surface area contributed by atoms with Gasteiger partial charge in [0.1, 0.15) is 12.0 Å². The number of nitrogen functional groups attached to an aromatic ring is 1. The Morgan fingerprint density at radius 2 is 2.00 bits per heavy atom. The molecule has 2 heterocycles. The third kappa shape index (κ3) is 3.63. The number of rotatable bonds is 6. The number of para-hydroxylation sites is 1. The van der Waals surface area contributed by atoms with E-state index in [1.54, 1.807) is 6.33 Å². The average Bonchev–Trinajstić information content (AvgIpc) is 2.62. The average molecular weight is 336 g/mol. The van der Waals surface area contributed by atoms with Crippen molar-refractivity contribution < 1.29 is 0 Å². The molecule has 0 unspecified atom stereocenters. The Balaban J connectivity index is 1.95. The second-order valence-electron chi connectivity index (χ2n) is 6.19. The molecule has 0 bridgehead atoms. The fourth-order valence-electron chi connectivity index (χ4n) is 2.76. The number of anilines is 4. The molecule has 0 spiro atoms. The van der Waals surface area contributed by atoms with Crippen molar-refractivity contribution >= 4 is 33.9 Å². The molecular formula is C19H24N6. The van der Waals surface area contributed by atoms with E-state index in [-0.39, 0.29) is 0 Å². The van der Waals surface area contributed by atoms with Gasteiger partial charge in [0.25, 0.3) is 0 Å². The first-order chi connectivity index (χ1) is 12.1. The molecular weight excluding hydrogens is 312 g/mol. The number of aryl methyl sites for hydroxylation is 1. The Hall–Kier alpha value is -2.89. The molecule has 0 saturated carbocycles. The Labute approximate surface area is 148 Å². The number of nitrogens with zero attached hydrogens (tertiary/aromatic N) is 4. The van der Waals surface area contributed by atoms with Crippen molar-refractivity contribution in [3.63, 3.8) is 0 Å². The Kier molecular flexibility index (Phi) is 4.97. The monoisotopic (exact) mass is 336 g/mol. The maximum atomic E-state index is 6.33. The van der Waals surface area contributed by atoms with Crippen LogP contribution in [-0.4, -0.2) is 28.5 Å². The summed E-state index contributed by atoms with van der Waals surface area (Å²) in [6.07, 6.45) is 3.76. The quantitative estimate of drug-likeness (QED) is 0.711. The van der Waals surface area contributed by atoms with Crippen molar-refractivity contribution in [1.82, 2.24) is 15.0 Å². The van der Waals surface area contributed by atoms with Crippen molar-refractivity contribution in [1.29, 1.82) is 0 Å². The Morgan fingerprint density at radius 1 is 1.16 bits per heavy atom. The lowest BCUT2D eigenvalue weighted by Crippen LogP contribution is -2.21. The number of aromatic nitrogens is 3. The molecule has 0 aliphatic carbocycles. The van der Waals surface area contributed by atoms with Gasteiger partial charge in [-0.25, -0.2) is 9.97 Å². The van der Waals surface area contributed by atoms with Gasteiger partial charge in [-0.15, -0.1) is 0 Å². The van der Waals surface area contributed by atoms with Crippen LogP contribution in [-0.2, 0) is 0 Å². The molecule has 0 aliphatic rings. The van der Waals surface area contributed by atoms with Crippen LogP contribution in [0.15, 0.2) is 36.7 Å². The lowest BCUT2D eigenvalue weighted by atomic mass is 10.1. The highest BCUT2D eigenvalue weighted by Crippen LogP contribution is 2.30. The molecule has 6 heteroatoms. The standard InChI is InChI=1S/C19H24N6/c1-4-5-11-25(3)19-16(20)18(21-12-22-19)24-15-8-6-7-14-10-9-13(2)23-17(14)15/h6-10,12H,4-5,11,20H2,1-3H3,(H,21,22,24). The molecule has 2 aromatic heterocycles. The smallest absolute Gasteiger partial charge is 0.159 e. The van der Waals surface area contributed by atoms with Gasteiger partial charge in [0.2, 0.25) is 0 Å². The zero-order chi connectivity index (χ0) is 17.8. The van der Waals surface area contributed by atoms with Crippen LogP contribution in [0.4, 0.5) is 23.0 Å². The third-order valence-electron chi connectivity index (χ3n) is 4.18. The van der Waals surface area contributed by atoms with E-state index in [2.05, 4.69) is 38.2 Å². The first-order valence-electron chi connectivity index (χ1n) is 8.55. The second-order valence-corrected chi connectivity index (χ2v) is 6.19. The molecule has 0 fully saturated rings. The molecule has 3 rings (SSSR count). The molecule has 0 atom stereocenters. The van der Waals surface area contributed by atoms with Gasteiger partial charge in [0.05, 0.1) is 11.2 Å². The number of pyridine rings is 1. The fourth-order valence-corrected chi connectivity index (χ4v) is 2.76. The minimum atomic E-state index is 0.547. The molecule has 130 valence electrons. The number of fused-ring (bicyclic) bond motifs is 1. The molecule has 0 saturated heterocycles. The van der Waals surface area contributed by atoms with E-state index in [4.69, 9.17) is 5.73 Å². The number of nitrogens with one attached hydrogen (secondary N) is 1. The second kappa shape index (κ2) is 7.34. The number of unbranched alkanes of at least 4 members (excludes halogenated alkanes) is 1. The first-order valence-corrected chi connectivity index (χ1v) is 8.55. The molecule has 3 aromatic rings. The maximum absolute atomic E-state index is 6.33. The van der Waals surface area contributed by atoms with Crippen LogP contribution in [0, 0.1) is 6.92 Å². The molecule has 3 N–H and O–H groups in total. The topological polar surface area (TPSA) is 80.0 Å². The van der Waals surface area contributed by atoms with Crippen LogP contribution in [0.2, 0.25) is 0 Å². The van der Waals surface area contributed by atoms with Gasteiger partial charge in [0.15, 0.2) is 11.6 Å². The third-order valence-corrected chi connectivity index (χ3v) is 4.18. The summed E-state index contributed by atoms with van der Waals surface area (Å²) in [6.45, 7) is 5.06. The molecule has 1 aromatic carbocycles. The van der Waals surface area contributed by atoms with E-state index in [9.17, 15) is 0 Å². The van der Waals surface area contributed by atoms with E-state index in [1.807, 2.05) is 38.2 Å². The summed E-state index contributed by atoms with van der Waals surface area (Å²) >= 11 is 0. The highest BCUT2D eigenvalue weighted by Gasteiger charge is 2.13. The lowest BCUT2D eigenvalue weighted by Gasteiger charge is -2.20. The van der Waals surface area contributed by atoms with Crippen molar-refractivity contribution in [2.45, 2.75) is 26.7 Å². The largest absolute Gasteiger partial charge is 0.393 e. The first kappa shape index (κ1) is 17.0. The zero-order valence-electron chi connectivity index (χ0n) is 15.0. The van der Waals surface area contributed by atoms with Gasteiger partial charge < -0.3 is 16.0 Å². The molecule has 25 heavy (non-hydrogen) atoms. The van der Waals surface area contributed by atoms with E-state index in [0.29, 0.717) is 11.5 Å². The summed E-state index contributed by atoms with van der Waals surface area (Å²) < 4.78 is 0. The van der Waals surface area contributed by atoms with Crippen LogP contribution in [0.5, 0.6) is 0 Å². The maximum Gasteiger partial charge on any atom is 0.159 e. The summed E-state index contributed by atoms with van der Waals surface area (Å²) in [4.78, 5) is 15.4. The molecule has 0 radical (unpaired) electrons. The Morgan fingerprint density at radius 3 is 2.80 bits per heavy atom. The van der Waals surface area contributed by atoms with Gasteiger partial charge in [-0.2, -0.15) is 0 Å². The minimum Gasteiger partial charge on any atom is -0.393 e. The van der Waals surface area contributed by atoms with E-state index in [1.165, 1.54) is 0 Å². The summed E-state index contributed by atoms with van der Waals surface area (Å²) in [5, 5.41) is 4.40. The van der Waals surface area contributed by atoms with Crippen LogP contribution < -0.4 is 16.0 Å².